The standard InChI is InChI=1S/C6H8N2O2S/c1-5-7-6(11-8-5)2-3-10-4-9/h4H,2-3H2,1H3. The van der Waals surface area contributed by atoms with Gasteiger partial charge in [0.05, 0.1) is 6.61 Å². The van der Waals surface area contributed by atoms with Gasteiger partial charge in [-0.05, 0) is 18.5 Å². The van der Waals surface area contributed by atoms with Crippen molar-refractivity contribution in [3.05, 3.63) is 10.8 Å². The van der Waals surface area contributed by atoms with Gasteiger partial charge in [-0.15, -0.1) is 0 Å². The second-order valence-corrected chi connectivity index (χ2v) is 2.79. The Kier molecular flexibility index (Phi) is 2.97. The Morgan fingerprint density at radius 1 is 1.73 bits per heavy atom. The fourth-order valence-corrected chi connectivity index (χ4v) is 1.26. The summed E-state index contributed by atoms with van der Waals surface area (Å²) in [6.07, 6.45) is 0.657. The van der Waals surface area contributed by atoms with Gasteiger partial charge in [-0.25, -0.2) is 4.98 Å². The average molecular weight is 172 g/mol. The van der Waals surface area contributed by atoms with Gasteiger partial charge in [0, 0.05) is 6.42 Å². The summed E-state index contributed by atoms with van der Waals surface area (Å²) in [4.78, 5) is 13.8. The summed E-state index contributed by atoms with van der Waals surface area (Å²) in [5.74, 6) is 0.774. The fourth-order valence-electron chi connectivity index (χ4n) is 0.636. The van der Waals surface area contributed by atoms with E-state index in [-0.39, 0.29) is 0 Å². The van der Waals surface area contributed by atoms with Crippen LogP contribution in [0.15, 0.2) is 0 Å². The number of nitrogens with zero attached hydrogens (tertiary/aromatic N) is 2. The Bertz CT molecular complexity index is 236. The fraction of sp³-hybridized carbons (Fsp3) is 0.500. The van der Waals surface area contributed by atoms with Crippen LogP contribution >= 0.6 is 11.5 Å². The lowest BCUT2D eigenvalue weighted by molar-refractivity contribution is -0.128. The van der Waals surface area contributed by atoms with Gasteiger partial charge in [0.2, 0.25) is 0 Å². The Morgan fingerprint density at radius 2 is 2.55 bits per heavy atom. The molecule has 5 heteroatoms. The van der Waals surface area contributed by atoms with Crippen molar-refractivity contribution in [1.29, 1.82) is 0 Å². The molecule has 0 N–H and O–H groups in total. The van der Waals surface area contributed by atoms with E-state index in [0.717, 1.165) is 10.8 Å². The van der Waals surface area contributed by atoms with Crippen LogP contribution in [-0.4, -0.2) is 22.4 Å². The van der Waals surface area contributed by atoms with Crippen molar-refractivity contribution in [2.45, 2.75) is 13.3 Å². The lowest BCUT2D eigenvalue weighted by atomic mass is 10.5. The average Bonchev–Trinajstić information content (AvgIpc) is 2.37. The van der Waals surface area contributed by atoms with Crippen molar-refractivity contribution in [2.24, 2.45) is 0 Å². The minimum atomic E-state index is 0.387. The molecule has 0 saturated heterocycles. The van der Waals surface area contributed by atoms with E-state index in [1.54, 1.807) is 0 Å². The molecule has 0 spiro atoms. The summed E-state index contributed by atoms with van der Waals surface area (Å²) >= 11 is 1.34. The van der Waals surface area contributed by atoms with Crippen molar-refractivity contribution >= 4 is 18.0 Å². The maximum absolute atomic E-state index is 9.75. The number of carbonyl (C=O) groups excluding carboxylic acids is 1. The van der Waals surface area contributed by atoms with Crippen LogP contribution in [0.5, 0.6) is 0 Å². The van der Waals surface area contributed by atoms with Crippen molar-refractivity contribution < 1.29 is 9.53 Å². The number of hydrogen-bond donors (Lipinski definition) is 0. The van der Waals surface area contributed by atoms with Crippen molar-refractivity contribution in [2.75, 3.05) is 6.61 Å². The maximum atomic E-state index is 9.75. The molecule has 1 aromatic heterocycles. The molecule has 0 radical (unpaired) electrons. The molecule has 0 fully saturated rings. The third kappa shape index (κ3) is 2.63. The first kappa shape index (κ1) is 8.13. The van der Waals surface area contributed by atoms with Crippen LogP contribution in [0.2, 0.25) is 0 Å². The number of hydrogen-bond acceptors (Lipinski definition) is 5. The van der Waals surface area contributed by atoms with Gasteiger partial charge < -0.3 is 4.74 Å². The molecule has 1 aromatic rings. The quantitative estimate of drug-likeness (QED) is 0.492. The molecular formula is C6H8N2O2S. The molecular weight excluding hydrogens is 164 g/mol. The highest BCUT2D eigenvalue weighted by Crippen LogP contribution is 2.03. The number of rotatable bonds is 4. The van der Waals surface area contributed by atoms with Crippen LogP contribution < -0.4 is 0 Å². The highest BCUT2D eigenvalue weighted by atomic mass is 32.1. The first-order chi connectivity index (χ1) is 5.33. The van der Waals surface area contributed by atoms with E-state index in [4.69, 9.17) is 0 Å². The largest absolute Gasteiger partial charge is 0.467 e. The normalized spacial score (nSPS) is 9.55. The SMILES string of the molecule is Cc1nsc(CCOC=O)n1. The maximum Gasteiger partial charge on any atom is 0.293 e. The molecule has 11 heavy (non-hydrogen) atoms. The zero-order chi connectivity index (χ0) is 8.10. The second kappa shape index (κ2) is 4.02. The van der Waals surface area contributed by atoms with E-state index in [1.165, 1.54) is 11.5 Å². The van der Waals surface area contributed by atoms with Crippen LogP contribution in [0.25, 0.3) is 0 Å². The molecule has 0 unspecified atom stereocenters. The third-order valence-electron chi connectivity index (χ3n) is 1.07. The van der Waals surface area contributed by atoms with Crippen LogP contribution in [0.1, 0.15) is 10.8 Å². The Labute approximate surface area is 68.4 Å². The predicted octanol–water partition coefficient (Wildman–Crippen LogP) is 0.562. The van der Waals surface area contributed by atoms with E-state index in [9.17, 15) is 4.79 Å². The van der Waals surface area contributed by atoms with E-state index in [0.29, 0.717) is 19.5 Å². The summed E-state index contributed by atoms with van der Waals surface area (Å²) in [7, 11) is 0. The third-order valence-corrected chi connectivity index (χ3v) is 1.93. The molecule has 0 aliphatic heterocycles. The van der Waals surface area contributed by atoms with Gasteiger partial charge in [0.1, 0.15) is 10.8 Å². The first-order valence-corrected chi connectivity index (χ1v) is 3.94. The van der Waals surface area contributed by atoms with Crippen molar-refractivity contribution in [3.63, 3.8) is 0 Å². The Morgan fingerprint density at radius 3 is 3.09 bits per heavy atom. The van der Waals surface area contributed by atoms with Crippen LogP contribution in [-0.2, 0) is 16.0 Å². The molecule has 0 saturated carbocycles. The molecule has 0 atom stereocenters. The van der Waals surface area contributed by atoms with Gasteiger partial charge >= 0.3 is 0 Å². The number of carbonyl (C=O) groups is 1. The van der Waals surface area contributed by atoms with E-state index in [1.807, 2.05) is 6.92 Å². The number of ether oxygens (including phenoxy) is 1. The van der Waals surface area contributed by atoms with E-state index in [2.05, 4.69) is 14.1 Å². The van der Waals surface area contributed by atoms with Gasteiger partial charge in [-0.1, -0.05) is 0 Å². The van der Waals surface area contributed by atoms with Crippen molar-refractivity contribution in [1.82, 2.24) is 9.36 Å². The van der Waals surface area contributed by atoms with E-state index < -0.39 is 0 Å². The summed E-state index contributed by atoms with van der Waals surface area (Å²) < 4.78 is 8.49. The molecule has 0 aromatic carbocycles. The summed E-state index contributed by atoms with van der Waals surface area (Å²) in [6.45, 7) is 2.66. The van der Waals surface area contributed by atoms with Crippen LogP contribution in [0.3, 0.4) is 0 Å². The smallest absolute Gasteiger partial charge is 0.293 e. The molecule has 4 nitrogen and oxygen atoms in total. The monoisotopic (exact) mass is 172 g/mol. The van der Waals surface area contributed by atoms with E-state index >= 15 is 0 Å². The summed E-state index contributed by atoms with van der Waals surface area (Å²) in [5, 5.41) is 0.907. The van der Waals surface area contributed by atoms with Crippen LogP contribution in [0, 0.1) is 6.92 Å². The van der Waals surface area contributed by atoms with Gasteiger partial charge in [-0.3, -0.25) is 4.79 Å². The molecule has 0 amide bonds. The zero-order valence-corrected chi connectivity index (χ0v) is 6.93. The summed E-state index contributed by atoms with van der Waals surface area (Å²) in [5.41, 5.74) is 0. The highest BCUT2D eigenvalue weighted by Gasteiger charge is 1.98. The zero-order valence-electron chi connectivity index (χ0n) is 6.11. The Hall–Kier alpha value is -0.970. The minimum absolute atomic E-state index is 0.387. The van der Waals surface area contributed by atoms with Crippen molar-refractivity contribution in [3.8, 4) is 0 Å². The second-order valence-electron chi connectivity index (χ2n) is 1.95. The molecule has 60 valence electrons. The molecule has 0 bridgehead atoms. The predicted molar refractivity (Wildman–Crippen MR) is 40.4 cm³/mol. The van der Waals surface area contributed by atoms with Gasteiger partial charge in [0.15, 0.2) is 0 Å². The van der Waals surface area contributed by atoms with Gasteiger partial charge in [0.25, 0.3) is 6.47 Å². The van der Waals surface area contributed by atoms with Gasteiger partial charge in [-0.2, -0.15) is 4.37 Å². The lowest BCUT2D eigenvalue weighted by Crippen LogP contribution is -1.95. The molecule has 0 aliphatic rings. The molecule has 1 rings (SSSR count). The molecule has 1 heterocycles. The Balaban J connectivity index is 2.32. The molecule has 0 aliphatic carbocycles. The topological polar surface area (TPSA) is 52.1 Å². The van der Waals surface area contributed by atoms with Crippen LogP contribution in [0.4, 0.5) is 0 Å². The summed E-state index contributed by atoms with van der Waals surface area (Å²) in [6, 6.07) is 0. The first-order valence-electron chi connectivity index (χ1n) is 3.17. The lowest BCUT2D eigenvalue weighted by Gasteiger charge is -1.91. The number of aromatic nitrogens is 2. The minimum Gasteiger partial charge on any atom is -0.467 e. The number of aryl methyl sites for hydroxylation is 1. The highest BCUT2D eigenvalue weighted by molar-refractivity contribution is 7.05.